The van der Waals surface area contributed by atoms with E-state index in [1.165, 1.54) is 36.3 Å². The number of nitrogens with zero attached hydrogens (tertiary/aromatic N) is 4. The molecule has 2 amide bonds. The van der Waals surface area contributed by atoms with Crippen LogP contribution >= 0.6 is 0 Å². The van der Waals surface area contributed by atoms with Crippen molar-refractivity contribution in [2.75, 3.05) is 23.8 Å². The lowest BCUT2D eigenvalue weighted by molar-refractivity contribution is -0.123. The van der Waals surface area contributed by atoms with Gasteiger partial charge in [0.2, 0.25) is 11.9 Å². The number of hydrogen-bond donors (Lipinski definition) is 2. The Kier molecular flexibility index (Phi) is 5.22. The number of benzene rings is 1. The molecule has 9 heteroatoms. The first kappa shape index (κ1) is 19.2. The summed E-state index contributed by atoms with van der Waals surface area (Å²) in [5.41, 5.74) is -0.732. The van der Waals surface area contributed by atoms with E-state index in [9.17, 15) is 19.2 Å². The lowest BCUT2D eigenvalue weighted by Crippen LogP contribution is -2.33. The van der Waals surface area contributed by atoms with Crippen LogP contribution in [0, 0.1) is 22.6 Å². The topological polar surface area (TPSA) is 111 Å². The van der Waals surface area contributed by atoms with Gasteiger partial charge in [-0.05, 0) is 37.1 Å². The van der Waals surface area contributed by atoms with E-state index >= 15 is 0 Å². The van der Waals surface area contributed by atoms with E-state index < -0.39 is 17.1 Å². The fourth-order valence-electron chi connectivity index (χ4n) is 3.10. The standard InChI is InChI=1S/C19H19FN6O2/c1-3-19(11-21)7-9-26(17(19)28)15-6-8-23-18(25-15)24-12-4-5-13(14(20)10-12)16(27)22-2/h4-6,8,10H,3,7,9H2,1-2H3,(H,22,27)(H,23,24,25)/t19-/m1/s1. The summed E-state index contributed by atoms with van der Waals surface area (Å²) in [5, 5.41) is 14.6. The molecule has 0 radical (unpaired) electrons. The zero-order valence-electron chi connectivity index (χ0n) is 15.5. The molecule has 144 valence electrons. The third-order valence-electron chi connectivity index (χ3n) is 4.85. The SMILES string of the molecule is CC[C@]1(C#N)CCN(c2ccnc(Nc3ccc(C(=O)NC)c(F)c3)n2)C1=O. The number of anilines is 3. The Morgan fingerprint density at radius 3 is 2.82 bits per heavy atom. The Hall–Kier alpha value is -3.54. The second-order valence-electron chi connectivity index (χ2n) is 6.39. The Morgan fingerprint density at radius 1 is 1.43 bits per heavy atom. The molecule has 1 aliphatic heterocycles. The number of rotatable bonds is 5. The Bertz CT molecular complexity index is 973. The van der Waals surface area contributed by atoms with Crippen LogP contribution in [0.2, 0.25) is 0 Å². The number of hydrogen-bond acceptors (Lipinski definition) is 6. The summed E-state index contributed by atoms with van der Waals surface area (Å²) in [6, 6.07) is 7.77. The van der Waals surface area contributed by atoms with Crippen molar-refractivity contribution in [2.45, 2.75) is 19.8 Å². The highest BCUT2D eigenvalue weighted by molar-refractivity contribution is 6.01. The molecule has 0 saturated carbocycles. The first-order valence-corrected chi connectivity index (χ1v) is 8.79. The predicted molar refractivity (Wildman–Crippen MR) is 100 cm³/mol. The smallest absolute Gasteiger partial charge is 0.253 e. The van der Waals surface area contributed by atoms with Crippen LogP contribution < -0.4 is 15.5 Å². The minimum atomic E-state index is -1.02. The van der Waals surface area contributed by atoms with Gasteiger partial charge in [0.05, 0.1) is 11.6 Å². The average Bonchev–Trinajstić information content (AvgIpc) is 3.04. The number of nitrogens with one attached hydrogen (secondary N) is 2. The van der Waals surface area contributed by atoms with E-state index in [1.807, 2.05) is 6.92 Å². The van der Waals surface area contributed by atoms with Crippen LogP contribution in [0.5, 0.6) is 0 Å². The van der Waals surface area contributed by atoms with E-state index in [1.54, 1.807) is 6.07 Å². The molecule has 1 atom stereocenters. The normalized spacial score (nSPS) is 18.6. The lowest BCUT2D eigenvalue weighted by atomic mass is 9.85. The Morgan fingerprint density at radius 2 is 2.21 bits per heavy atom. The van der Waals surface area contributed by atoms with Crippen LogP contribution in [0.25, 0.3) is 0 Å². The first-order chi connectivity index (χ1) is 13.4. The molecular formula is C19H19FN6O2. The summed E-state index contributed by atoms with van der Waals surface area (Å²) in [4.78, 5) is 34.1. The van der Waals surface area contributed by atoms with Gasteiger partial charge in [-0.1, -0.05) is 6.92 Å². The maximum Gasteiger partial charge on any atom is 0.253 e. The summed E-state index contributed by atoms with van der Waals surface area (Å²) in [7, 11) is 1.42. The molecule has 0 spiro atoms. The quantitative estimate of drug-likeness (QED) is 0.821. The molecule has 2 heterocycles. The van der Waals surface area contributed by atoms with Crippen molar-refractivity contribution in [3.63, 3.8) is 0 Å². The first-order valence-electron chi connectivity index (χ1n) is 8.79. The van der Waals surface area contributed by atoms with Crippen LogP contribution in [0.3, 0.4) is 0 Å². The van der Waals surface area contributed by atoms with Crippen molar-refractivity contribution in [1.82, 2.24) is 15.3 Å². The number of amides is 2. The van der Waals surface area contributed by atoms with E-state index in [4.69, 9.17) is 0 Å². The molecule has 0 bridgehead atoms. The molecule has 3 rings (SSSR count). The minimum absolute atomic E-state index is 0.0715. The van der Waals surface area contributed by atoms with E-state index in [2.05, 4.69) is 26.7 Å². The van der Waals surface area contributed by atoms with Gasteiger partial charge in [-0.25, -0.2) is 9.37 Å². The van der Waals surface area contributed by atoms with Crippen LogP contribution in [0.1, 0.15) is 30.1 Å². The van der Waals surface area contributed by atoms with Gasteiger partial charge in [0.25, 0.3) is 5.91 Å². The maximum atomic E-state index is 14.1. The number of nitriles is 1. The molecule has 28 heavy (non-hydrogen) atoms. The number of halogens is 1. The van der Waals surface area contributed by atoms with Crippen LogP contribution in [-0.4, -0.2) is 35.4 Å². The monoisotopic (exact) mass is 382 g/mol. The van der Waals surface area contributed by atoms with Gasteiger partial charge in [0.15, 0.2) is 0 Å². The molecular weight excluding hydrogens is 363 g/mol. The lowest BCUT2D eigenvalue weighted by Gasteiger charge is -2.19. The average molecular weight is 382 g/mol. The predicted octanol–water partition coefficient (Wildman–Crippen LogP) is 2.38. The molecule has 1 aliphatic rings. The third kappa shape index (κ3) is 3.36. The van der Waals surface area contributed by atoms with Gasteiger partial charge in [-0.15, -0.1) is 0 Å². The van der Waals surface area contributed by atoms with Crippen molar-refractivity contribution in [2.24, 2.45) is 5.41 Å². The number of aromatic nitrogens is 2. The molecule has 0 aliphatic carbocycles. The van der Waals surface area contributed by atoms with Gasteiger partial charge < -0.3 is 10.6 Å². The van der Waals surface area contributed by atoms with Crippen molar-refractivity contribution < 1.29 is 14.0 Å². The number of carbonyl (C=O) groups is 2. The van der Waals surface area contributed by atoms with Crippen LogP contribution in [0.4, 0.5) is 21.8 Å². The largest absolute Gasteiger partial charge is 0.355 e. The van der Waals surface area contributed by atoms with E-state index in [-0.39, 0.29) is 17.4 Å². The van der Waals surface area contributed by atoms with Gasteiger partial charge in [-0.2, -0.15) is 10.2 Å². The summed E-state index contributed by atoms with van der Waals surface area (Å²) in [6.07, 6.45) is 2.36. The van der Waals surface area contributed by atoms with Gasteiger partial charge >= 0.3 is 0 Å². The summed E-state index contributed by atoms with van der Waals surface area (Å²) < 4.78 is 14.1. The van der Waals surface area contributed by atoms with Gasteiger partial charge in [0, 0.05) is 25.5 Å². The summed E-state index contributed by atoms with van der Waals surface area (Å²) >= 11 is 0. The molecule has 0 unspecified atom stereocenters. The van der Waals surface area contributed by atoms with Crippen molar-refractivity contribution >= 4 is 29.3 Å². The summed E-state index contributed by atoms with van der Waals surface area (Å²) in [5.74, 6) is -0.939. The summed E-state index contributed by atoms with van der Waals surface area (Å²) in [6.45, 7) is 2.21. The Balaban J connectivity index is 1.82. The zero-order chi connectivity index (χ0) is 20.3. The van der Waals surface area contributed by atoms with Gasteiger partial charge in [0.1, 0.15) is 17.1 Å². The fraction of sp³-hybridized carbons (Fsp3) is 0.316. The van der Waals surface area contributed by atoms with Crippen molar-refractivity contribution in [1.29, 1.82) is 5.26 Å². The second kappa shape index (κ2) is 7.60. The molecule has 2 N–H and O–H groups in total. The molecule has 8 nitrogen and oxygen atoms in total. The highest BCUT2D eigenvalue weighted by Gasteiger charge is 2.46. The fourth-order valence-corrected chi connectivity index (χ4v) is 3.10. The molecule has 2 aromatic rings. The highest BCUT2D eigenvalue weighted by atomic mass is 19.1. The number of carbonyl (C=O) groups excluding carboxylic acids is 2. The molecule has 1 aromatic carbocycles. The van der Waals surface area contributed by atoms with E-state index in [0.29, 0.717) is 30.9 Å². The molecule has 1 fully saturated rings. The van der Waals surface area contributed by atoms with E-state index in [0.717, 1.165) is 0 Å². The van der Waals surface area contributed by atoms with Crippen molar-refractivity contribution in [3.8, 4) is 6.07 Å². The zero-order valence-corrected chi connectivity index (χ0v) is 15.5. The molecule has 1 saturated heterocycles. The third-order valence-corrected chi connectivity index (χ3v) is 4.85. The maximum absolute atomic E-state index is 14.1. The van der Waals surface area contributed by atoms with Gasteiger partial charge in [-0.3, -0.25) is 14.5 Å². The Labute approximate surface area is 161 Å². The van der Waals surface area contributed by atoms with Crippen molar-refractivity contribution in [3.05, 3.63) is 41.8 Å². The highest BCUT2D eigenvalue weighted by Crippen LogP contribution is 2.36. The minimum Gasteiger partial charge on any atom is -0.355 e. The second-order valence-corrected chi connectivity index (χ2v) is 6.39. The molecule has 1 aromatic heterocycles. The van der Waals surface area contributed by atoms with Crippen LogP contribution in [-0.2, 0) is 4.79 Å². The van der Waals surface area contributed by atoms with Crippen LogP contribution in [0.15, 0.2) is 30.5 Å².